The van der Waals surface area contributed by atoms with E-state index >= 15 is 0 Å². The Kier molecular flexibility index (Phi) is 7.20. The van der Waals surface area contributed by atoms with Crippen LogP contribution < -0.4 is 5.32 Å². The average Bonchev–Trinajstić information content (AvgIpc) is 2.97. The third kappa shape index (κ3) is 5.89. The second-order valence-corrected chi connectivity index (χ2v) is 8.37. The SMILES string of the molecule is Cc1ccc(-c2nc(CC(=O)O[C@@H](C)C(=O)NC3CCCCCC3)cs2)cc1. The summed E-state index contributed by atoms with van der Waals surface area (Å²) in [6.07, 6.45) is 6.05. The minimum absolute atomic E-state index is 0.0728. The Morgan fingerprint density at radius 1 is 1.18 bits per heavy atom. The number of aromatic nitrogens is 1. The summed E-state index contributed by atoms with van der Waals surface area (Å²) >= 11 is 1.50. The second-order valence-electron chi connectivity index (χ2n) is 7.52. The fourth-order valence-corrected chi connectivity index (χ4v) is 4.23. The molecule has 5 nitrogen and oxygen atoms in total. The minimum atomic E-state index is -0.786. The molecular formula is C22H28N2O3S. The van der Waals surface area contributed by atoms with Crippen LogP contribution in [0.5, 0.6) is 0 Å². The van der Waals surface area contributed by atoms with Crippen LogP contribution in [-0.4, -0.2) is 29.0 Å². The van der Waals surface area contributed by atoms with Gasteiger partial charge < -0.3 is 10.1 Å². The third-order valence-corrected chi connectivity index (χ3v) is 5.99. The summed E-state index contributed by atoms with van der Waals surface area (Å²) in [6, 6.07) is 8.33. The highest BCUT2D eigenvalue weighted by Crippen LogP contribution is 2.24. The summed E-state index contributed by atoms with van der Waals surface area (Å²) < 4.78 is 5.33. The van der Waals surface area contributed by atoms with Gasteiger partial charge in [0.25, 0.3) is 5.91 Å². The molecular weight excluding hydrogens is 372 g/mol. The van der Waals surface area contributed by atoms with Crippen LogP contribution in [0.2, 0.25) is 0 Å². The van der Waals surface area contributed by atoms with Crippen LogP contribution in [0.3, 0.4) is 0 Å². The summed E-state index contributed by atoms with van der Waals surface area (Å²) in [4.78, 5) is 29.1. The van der Waals surface area contributed by atoms with Crippen LogP contribution >= 0.6 is 11.3 Å². The predicted molar refractivity (Wildman–Crippen MR) is 111 cm³/mol. The molecule has 0 bridgehead atoms. The molecule has 1 atom stereocenters. The minimum Gasteiger partial charge on any atom is -0.452 e. The van der Waals surface area contributed by atoms with E-state index in [0.717, 1.165) is 36.3 Å². The Balaban J connectivity index is 1.49. The van der Waals surface area contributed by atoms with Gasteiger partial charge >= 0.3 is 5.97 Å². The van der Waals surface area contributed by atoms with E-state index < -0.39 is 12.1 Å². The monoisotopic (exact) mass is 400 g/mol. The Morgan fingerprint density at radius 3 is 2.54 bits per heavy atom. The quantitative estimate of drug-likeness (QED) is 0.575. The summed E-state index contributed by atoms with van der Waals surface area (Å²) in [5.41, 5.74) is 2.90. The van der Waals surface area contributed by atoms with Gasteiger partial charge in [0, 0.05) is 17.0 Å². The van der Waals surface area contributed by atoms with Crippen molar-refractivity contribution in [3.8, 4) is 10.6 Å². The van der Waals surface area contributed by atoms with Crippen LogP contribution in [0.15, 0.2) is 29.6 Å². The van der Waals surface area contributed by atoms with Gasteiger partial charge in [-0.05, 0) is 26.7 Å². The van der Waals surface area contributed by atoms with Gasteiger partial charge in [0.2, 0.25) is 0 Å². The highest BCUT2D eigenvalue weighted by Gasteiger charge is 2.22. The van der Waals surface area contributed by atoms with E-state index in [9.17, 15) is 9.59 Å². The molecule has 1 heterocycles. The molecule has 0 saturated heterocycles. The molecule has 1 N–H and O–H groups in total. The van der Waals surface area contributed by atoms with Crippen molar-refractivity contribution in [1.82, 2.24) is 10.3 Å². The predicted octanol–water partition coefficient (Wildman–Crippen LogP) is 4.43. The highest BCUT2D eigenvalue weighted by atomic mass is 32.1. The van der Waals surface area contributed by atoms with Crippen molar-refractivity contribution in [2.75, 3.05) is 0 Å². The van der Waals surface area contributed by atoms with Crippen LogP contribution in [0.25, 0.3) is 10.6 Å². The average molecular weight is 401 g/mol. The molecule has 1 aromatic carbocycles. The first-order valence-corrected chi connectivity index (χ1v) is 10.9. The lowest BCUT2D eigenvalue weighted by molar-refractivity contribution is -0.154. The molecule has 150 valence electrons. The zero-order chi connectivity index (χ0) is 19.9. The Bertz CT molecular complexity index is 792. The van der Waals surface area contributed by atoms with Crippen molar-refractivity contribution in [3.63, 3.8) is 0 Å². The zero-order valence-corrected chi connectivity index (χ0v) is 17.4. The molecule has 28 heavy (non-hydrogen) atoms. The maximum absolute atomic E-state index is 12.3. The lowest BCUT2D eigenvalue weighted by atomic mass is 10.1. The van der Waals surface area contributed by atoms with Gasteiger partial charge in [-0.3, -0.25) is 9.59 Å². The molecule has 3 rings (SSSR count). The van der Waals surface area contributed by atoms with Crippen molar-refractivity contribution in [1.29, 1.82) is 0 Å². The molecule has 1 amide bonds. The van der Waals surface area contributed by atoms with Crippen molar-refractivity contribution < 1.29 is 14.3 Å². The smallest absolute Gasteiger partial charge is 0.312 e. The second kappa shape index (κ2) is 9.82. The van der Waals surface area contributed by atoms with E-state index in [2.05, 4.69) is 10.3 Å². The van der Waals surface area contributed by atoms with Crippen molar-refractivity contribution in [2.24, 2.45) is 0 Å². The number of nitrogens with zero attached hydrogens (tertiary/aromatic N) is 1. The van der Waals surface area contributed by atoms with Crippen LogP contribution in [0.1, 0.15) is 56.7 Å². The molecule has 0 spiro atoms. The number of carbonyl (C=O) groups is 2. The molecule has 1 aliphatic carbocycles. The van der Waals surface area contributed by atoms with E-state index in [0.29, 0.717) is 5.69 Å². The van der Waals surface area contributed by atoms with Gasteiger partial charge in [0.05, 0.1) is 12.1 Å². The fraction of sp³-hybridized carbons (Fsp3) is 0.500. The number of amides is 1. The van der Waals surface area contributed by atoms with Gasteiger partial charge in [-0.25, -0.2) is 4.98 Å². The highest BCUT2D eigenvalue weighted by molar-refractivity contribution is 7.13. The molecule has 1 fully saturated rings. The summed E-state index contributed by atoms with van der Waals surface area (Å²) in [6.45, 7) is 3.67. The van der Waals surface area contributed by atoms with E-state index in [1.165, 1.54) is 29.7 Å². The first-order valence-electron chi connectivity index (χ1n) is 10.0. The largest absolute Gasteiger partial charge is 0.452 e. The molecule has 1 aromatic heterocycles. The number of esters is 1. The van der Waals surface area contributed by atoms with Gasteiger partial charge in [-0.2, -0.15) is 0 Å². The molecule has 1 saturated carbocycles. The number of nitrogens with one attached hydrogen (secondary N) is 1. The molecule has 0 aliphatic heterocycles. The maximum atomic E-state index is 12.3. The topological polar surface area (TPSA) is 68.3 Å². The lowest BCUT2D eigenvalue weighted by Gasteiger charge is -2.19. The maximum Gasteiger partial charge on any atom is 0.312 e. The van der Waals surface area contributed by atoms with E-state index in [1.54, 1.807) is 6.92 Å². The first kappa shape index (κ1) is 20.5. The van der Waals surface area contributed by atoms with Gasteiger partial charge in [0.15, 0.2) is 6.10 Å². The molecule has 1 aliphatic rings. The summed E-state index contributed by atoms with van der Waals surface area (Å²) in [7, 11) is 0. The fourth-order valence-electron chi connectivity index (χ4n) is 3.40. The standard InChI is InChI=1S/C22H28N2O3S/c1-15-9-11-17(12-10-15)22-24-19(14-28-22)13-20(25)27-16(2)21(26)23-18-7-5-3-4-6-8-18/h9-12,14,16,18H,3-8,13H2,1-2H3,(H,23,26)/t16-/m0/s1. The van der Waals surface area contributed by atoms with Crippen LogP contribution in [-0.2, 0) is 20.7 Å². The molecule has 0 radical (unpaired) electrons. The normalized spacial score (nSPS) is 16.2. The number of ether oxygens (including phenoxy) is 1. The van der Waals surface area contributed by atoms with Gasteiger partial charge in [0.1, 0.15) is 5.01 Å². The Hall–Kier alpha value is -2.21. The summed E-state index contributed by atoms with van der Waals surface area (Å²) in [5.74, 6) is -0.636. The number of hydrogen-bond donors (Lipinski definition) is 1. The van der Waals surface area contributed by atoms with Crippen LogP contribution in [0, 0.1) is 6.92 Å². The van der Waals surface area contributed by atoms with Crippen molar-refractivity contribution in [3.05, 3.63) is 40.9 Å². The number of benzene rings is 1. The first-order chi connectivity index (χ1) is 13.5. The molecule has 2 aromatic rings. The zero-order valence-electron chi connectivity index (χ0n) is 16.6. The van der Waals surface area contributed by atoms with E-state index in [-0.39, 0.29) is 18.4 Å². The molecule has 0 unspecified atom stereocenters. The number of carbonyl (C=O) groups excluding carboxylic acids is 2. The number of rotatable bonds is 6. The number of thiazole rings is 1. The van der Waals surface area contributed by atoms with E-state index in [4.69, 9.17) is 4.74 Å². The number of hydrogen-bond acceptors (Lipinski definition) is 5. The van der Waals surface area contributed by atoms with Gasteiger partial charge in [-0.15, -0.1) is 11.3 Å². The third-order valence-electron chi connectivity index (χ3n) is 5.05. The number of aryl methyl sites for hydroxylation is 1. The lowest BCUT2D eigenvalue weighted by Crippen LogP contribution is -2.42. The molecule has 6 heteroatoms. The van der Waals surface area contributed by atoms with Crippen LogP contribution in [0.4, 0.5) is 0 Å². The van der Waals surface area contributed by atoms with Gasteiger partial charge in [-0.1, -0.05) is 55.5 Å². The Morgan fingerprint density at radius 2 is 1.86 bits per heavy atom. The van der Waals surface area contributed by atoms with E-state index in [1.807, 2.05) is 36.6 Å². The van der Waals surface area contributed by atoms with Crippen molar-refractivity contribution >= 4 is 23.2 Å². The Labute approximate surface area is 170 Å². The summed E-state index contributed by atoms with van der Waals surface area (Å²) in [5, 5.41) is 5.77. The van der Waals surface area contributed by atoms with Crippen molar-refractivity contribution in [2.45, 2.75) is 70.9 Å².